The van der Waals surface area contributed by atoms with Gasteiger partial charge in [-0.15, -0.1) is 11.8 Å². The number of benzene rings is 2. The van der Waals surface area contributed by atoms with E-state index in [9.17, 15) is 19.2 Å². The summed E-state index contributed by atoms with van der Waals surface area (Å²) in [5.41, 5.74) is 4.81. The summed E-state index contributed by atoms with van der Waals surface area (Å²) in [6.45, 7) is 6.30. The zero-order chi connectivity index (χ0) is 28.9. The summed E-state index contributed by atoms with van der Waals surface area (Å²) >= 11 is 7.89. The van der Waals surface area contributed by atoms with Crippen LogP contribution < -0.4 is 5.32 Å². The van der Waals surface area contributed by atoms with Crippen molar-refractivity contribution in [1.29, 1.82) is 0 Å². The van der Waals surface area contributed by atoms with Crippen LogP contribution >= 0.6 is 23.4 Å². The minimum atomic E-state index is -0.615. The van der Waals surface area contributed by atoms with Crippen LogP contribution in [0.3, 0.4) is 0 Å². The molecular formula is C32H34ClN3O4S. The van der Waals surface area contributed by atoms with E-state index in [0.717, 1.165) is 59.4 Å². The first-order valence-electron chi connectivity index (χ1n) is 14.3. The molecule has 214 valence electrons. The Morgan fingerprint density at radius 3 is 2.59 bits per heavy atom. The van der Waals surface area contributed by atoms with Crippen molar-refractivity contribution in [3.05, 3.63) is 69.8 Å². The van der Waals surface area contributed by atoms with Crippen molar-refractivity contribution in [2.45, 2.75) is 75.1 Å². The molecule has 0 spiro atoms. The van der Waals surface area contributed by atoms with Crippen LogP contribution in [-0.4, -0.2) is 57.8 Å². The molecule has 3 aliphatic heterocycles. The molecule has 41 heavy (non-hydrogen) atoms. The number of rotatable bonds is 5. The van der Waals surface area contributed by atoms with E-state index in [1.54, 1.807) is 16.7 Å². The molecule has 2 aromatic rings. The van der Waals surface area contributed by atoms with E-state index < -0.39 is 11.9 Å². The van der Waals surface area contributed by atoms with Gasteiger partial charge in [-0.3, -0.25) is 24.5 Å². The molecule has 2 atom stereocenters. The number of piperidine rings is 1. The molecule has 2 saturated heterocycles. The third-order valence-electron chi connectivity index (χ3n) is 8.75. The highest BCUT2D eigenvalue weighted by atomic mass is 35.5. The van der Waals surface area contributed by atoms with E-state index in [1.165, 1.54) is 0 Å². The summed E-state index contributed by atoms with van der Waals surface area (Å²) in [5.74, 6) is -0.705. The summed E-state index contributed by atoms with van der Waals surface area (Å²) < 4.78 is 0. The van der Waals surface area contributed by atoms with Gasteiger partial charge in [0.15, 0.2) is 0 Å². The van der Waals surface area contributed by atoms with E-state index in [4.69, 9.17) is 11.6 Å². The number of carbonyl (C=O) groups is 4. The maximum absolute atomic E-state index is 13.8. The Morgan fingerprint density at radius 1 is 1.05 bits per heavy atom. The molecule has 1 N–H and O–H groups in total. The minimum Gasteiger partial charge on any atom is -0.338 e. The number of amides is 4. The zero-order valence-electron chi connectivity index (χ0n) is 23.4. The predicted octanol–water partition coefficient (Wildman–Crippen LogP) is 5.46. The van der Waals surface area contributed by atoms with Crippen molar-refractivity contribution in [2.75, 3.05) is 13.1 Å². The van der Waals surface area contributed by atoms with Crippen LogP contribution in [0.5, 0.6) is 0 Å². The molecule has 1 aliphatic carbocycles. The van der Waals surface area contributed by atoms with Crippen LogP contribution in [0.2, 0.25) is 5.02 Å². The van der Waals surface area contributed by atoms with Gasteiger partial charge >= 0.3 is 0 Å². The monoisotopic (exact) mass is 591 g/mol. The second-order valence-corrected chi connectivity index (χ2v) is 14.1. The van der Waals surface area contributed by atoms with Gasteiger partial charge in [-0.05, 0) is 84.6 Å². The minimum absolute atomic E-state index is 0.144. The quantitative estimate of drug-likeness (QED) is 0.467. The summed E-state index contributed by atoms with van der Waals surface area (Å²) in [6, 6.07) is 13.1. The smallest absolute Gasteiger partial charge is 0.255 e. The van der Waals surface area contributed by atoms with Crippen molar-refractivity contribution in [1.82, 2.24) is 15.1 Å². The fraction of sp³-hybridized carbons (Fsp3) is 0.438. The number of hydrogen-bond donors (Lipinski definition) is 1. The third-order valence-corrected chi connectivity index (χ3v) is 10.2. The molecule has 3 heterocycles. The summed E-state index contributed by atoms with van der Waals surface area (Å²) in [6.07, 6.45) is 4.13. The third kappa shape index (κ3) is 5.69. The average molecular weight is 592 g/mol. The second kappa shape index (κ2) is 11.0. The molecule has 2 fully saturated rings. The molecule has 0 bridgehead atoms. The molecule has 7 nitrogen and oxygen atoms in total. The molecule has 0 saturated carbocycles. The Hall–Kier alpha value is -3.10. The fourth-order valence-corrected chi connectivity index (χ4v) is 7.81. The molecule has 0 radical (unpaired) electrons. The summed E-state index contributed by atoms with van der Waals surface area (Å²) in [7, 11) is 0. The Bertz CT molecular complexity index is 1470. The van der Waals surface area contributed by atoms with Gasteiger partial charge in [-0.25, -0.2) is 0 Å². The molecule has 6 rings (SSSR count). The lowest BCUT2D eigenvalue weighted by Gasteiger charge is -2.34. The van der Waals surface area contributed by atoms with Crippen molar-refractivity contribution in [3.8, 4) is 0 Å². The number of likely N-dealkylation sites (tertiary alicyclic amines) is 1. The highest BCUT2D eigenvalue weighted by Gasteiger charge is 2.39. The number of thioether (sulfide) groups is 1. The molecule has 0 aromatic heterocycles. The fourth-order valence-electron chi connectivity index (χ4n) is 6.47. The summed E-state index contributed by atoms with van der Waals surface area (Å²) in [5, 5.41) is 3.31. The Balaban J connectivity index is 1.13. The van der Waals surface area contributed by atoms with E-state index in [2.05, 4.69) is 19.2 Å². The molecule has 4 aliphatic rings. The number of nitrogens with zero attached hydrogens (tertiary/aromatic N) is 2. The van der Waals surface area contributed by atoms with Crippen molar-refractivity contribution >= 4 is 52.6 Å². The highest BCUT2D eigenvalue weighted by molar-refractivity contribution is 8.00. The maximum atomic E-state index is 13.8. The number of hydrogen-bond acceptors (Lipinski definition) is 5. The topological polar surface area (TPSA) is 86.8 Å². The first-order chi connectivity index (χ1) is 19.6. The lowest BCUT2D eigenvalue weighted by molar-refractivity contribution is -0.137. The van der Waals surface area contributed by atoms with Gasteiger partial charge in [-0.1, -0.05) is 37.6 Å². The number of imide groups is 1. The Morgan fingerprint density at radius 2 is 1.83 bits per heavy atom. The molecule has 2 aromatic carbocycles. The SMILES string of the molecule is CC1(C)CCC(C(=O)N2CCC(Sc3ccc4c(c3)CN(C3CCC(=O)NC3=O)C4=O)C2)=C(c2ccc(Cl)cc2)C1. The van der Waals surface area contributed by atoms with Gasteiger partial charge in [0.1, 0.15) is 6.04 Å². The van der Waals surface area contributed by atoms with Crippen molar-refractivity contribution in [2.24, 2.45) is 5.41 Å². The average Bonchev–Trinajstić information content (AvgIpc) is 3.52. The normalized spacial score (nSPS) is 24.1. The first kappa shape index (κ1) is 28.0. The number of carbonyl (C=O) groups excluding carboxylic acids is 4. The van der Waals surface area contributed by atoms with Gasteiger partial charge in [0, 0.05) is 52.4 Å². The van der Waals surface area contributed by atoms with Gasteiger partial charge in [0.2, 0.25) is 17.7 Å². The van der Waals surface area contributed by atoms with Crippen LogP contribution in [0, 0.1) is 5.41 Å². The molecule has 2 unspecified atom stereocenters. The van der Waals surface area contributed by atoms with Gasteiger partial charge < -0.3 is 9.80 Å². The highest BCUT2D eigenvalue weighted by Crippen LogP contribution is 2.44. The molecule has 4 amide bonds. The van der Waals surface area contributed by atoms with Crippen LogP contribution in [0.25, 0.3) is 5.57 Å². The van der Waals surface area contributed by atoms with E-state index in [0.29, 0.717) is 30.1 Å². The lowest BCUT2D eigenvalue weighted by Crippen LogP contribution is -2.52. The first-order valence-corrected chi connectivity index (χ1v) is 15.6. The maximum Gasteiger partial charge on any atom is 0.255 e. The number of allylic oxidation sites excluding steroid dienone is 1. The van der Waals surface area contributed by atoms with Gasteiger partial charge in [0.25, 0.3) is 5.91 Å². The largest absolute Gasteiger partial charge is 0.338 e. The van der Waals surface area contributed by atoms with Crippen molar-refractivity contribution < 1.29 is 19.2 Å². The van der Waals surface area contributed by atoms with Gasteiger partial charge in [-0.2, -0.15) is 0 Å². The molecular weight excluding hydrogens is 558 g/mol. The van der Waals surface area contributed by atoms with Gasteiger partial charge in [0.05, 0.1) is 0 Å². The lowest BCUT2D eigenvalue weighted by atomic mass is 9.72. The standard InChI is InChI=1S/C32H34ClN3O4S/c1-32(2)13-11-25(26(16-32)19-3-5-21(33)6-4-19)30(39)35-14-12-23(18-35)41-22-7-8-24-20(15-22)17-36(31(24)40)27-9-10-28(37)34-29(27)38/h3-8,15,23,27H,9-14,16-18H2,1-2H3,(H,34,37,38). The van der Waals surface area contributed by atoms with Crippen LogP contribution in [-0.2, 0) is 20.9 Å². The number of nitrogens with one attached hydrogen (secondary N) is 1. The van der Waals surface area contributed by atoms with Crippen LogP contribution in [0.1, 0.15) is 73.9 Å². The van der Waals surface area contributed by atoms with E-state index in [-0.39, 0.29) is 34.8 Å². The van der Waals surface area contributed by atoms with Crippen LogP contribution in [0.4, 0.5) is 0 Å². The predicted molar refractivity (Wildman–Crippen MR) is 159 cm³/mol. The molecule has 9 heteroatoms. The van der Waals surface area contributed by atoms with Crippen molar-refractivity contribution in [3.63, 3.8) is 0 Å². The van der Waals surface area contributed by atoms with E-state index in [1.807, 2.05) is 47.4 Å². The van der Waals surface area contributed by atoms with E-state index >= 15 is 0 Å². The number of fused-ring (bicyclic) bond motifs is 1. The zero-order valence-corrected chi connectivity index (χ0v) is 24.9. The number of halogens is 1. The second-order valence-electron chi connectivity index (χ2n) is 12.3. The Kier molecular flexibility index (Phi) is 7.49. The van der Waals surface area contributed by atoms with Crippen LogP contribution in [0.15, 0.2) is 52.9 Å². The Labute approximate surface area is 249 Å². The summed E-state index contributed by atoms with van der Waals surface area (Å²) in [4.78, 5) is 55.4.